The molecule has 0 radical (unpaired) electrons. The van der Waals surface area contributed by atoms with Gasteiger partial charge in [-0.05, 0) is 31.9 Å². The van der Waals surface area contributed by atoms with Crippen molar-refractivity contribution in [3.05, 3.63) is 56.7 Å². The number of hydrogen-bond acceptors (Lipinski definition) is 4. The van der Waals surface area contributed by atoms with Gasteiger partial charge in [-0.25, -0.2) is 0 Å². The van der Waals surface area contributed by atoms with Gasteiger partial charge in [0.2, 0.25) is 0 Å². The van der Waals surface area contributed by atoms with Crippen LogP contribution in [0.2, 0.25) is 5.02 Å². The van der Waals surface area contributed by atoms with E-state index in [1.807, 2.05) is 13.0 Å². The Morgan fingerprint density at radius 2 is 2.00 bits per heavy atom. The molecule has 28 heavy (non-hydrogen) atoms. The van der Waals surface area contributed by atoms with E-state index in [0.29, 0.717) is 22.2 Å². The molecule has 144 valence electrons. The zero-order valence-electron chi connectivity index (χ0n) is 15.6. The minimum absolute atomic E-state index is 0.0363. The molecule has 1 aliphatic rings. The summed E-state index contributed by atoms with van der Waals surface area (Å²) >= 11 is 6.58. The number of aromatic nitrogens is 3. The van der Waals surface area contributed by atoms with Crippen molar-refractivity contribution in [1.29, 1.82) is 0 Å². The number of hydrogen-bond donors (Lipinski definition) is 2. The Bertz CT molecular complexity index is 1130. The molecule has 0 saturated heterocycles. The van der Waals surface area contributed by atoms with Crippen LogP contribution in [-0.2, 0) is 0 Å². The first-order valence-electron chi connectivity index (χ1n) is 9.45. The zero-order chi connectivity index (χ0) is 19.8. The lowest BCUT2D eigenvalue weighted by Crippen LogP contribution is -2.17. The predicted molar refractivity (Wildman–Crippen MR) is 110 cm³/mol. The second kappa shape index (κ2) is 7.36. The van der Waals surface area contributed by atoms with E-state index >= 15 is 0 Å². The number of primary amides is 1. The fourth-order valence-corrected chi connectivity index (χ4v) is 4.37. The Kier molecular flexibility index (Phi) is 4.89. The predicted octanol–water partition coefficient (Wildman–Crippen LogP) is 4.09. The normalized spacial score (nSPS) is 15.1. The highest BCUT2D eigenvalue weighted by atomic mass is 35.5. The number of fused-ring (bicyclic) bond motifs is 1. The average Bonchev–Trinajstić information content (AvgIpc) is 2.69. The number of H-pyrrole nitrogens is 1. The van der Waals surface area contributed by atoms with Crippen molar-refractivity contribution < 1.29 is 4.79 Å². The van der Waals surface area contributed by atoms with Crippen molar-refractivity contribution in [2.75, 3.05) is 0 Å². The second-order valence-electron chi connectivity index (χ2n) is 7.32. The minimum Gasteiger partial charge on any atom is -0.364 e. The van der Waals surface area contributed by atoms with Crippen LogP contribution in [0.15, 0.2) is 29.2 Å². The number of carbonyl (C=O) groups excluding carboxylic acids is 1. The van der Waals surface area contributed by atoms with Crippen LogP contribution in [0.25, 0.3) is 22.2 Å². The molecule has 3 heterocycles. The molecule has 0 atom stereocenters. The maximum atomic E-state index is 12.7. The molecule has 3 N–H and O–H groups in total. The number of aromatic amines is 1. The highest BCUT2D eigenvalue weighted by Crippen LogP contribution is 2.37. The van der Waals surface area contributed by atoms with Crippen LogP contribution >= 0.6 is 11.6 Å². The maximum Gasteiger partial charge on any atom is 0.268 e. The summed E-state index contributed by atoms with van der Waals surface area (Å²) in [4.78, 5) is 36.2. The van der Waals surface area contributed by atoms with Crippen LogP contribution in [0, 0.1) is 6.92 Å². The highest BCUT2D eigenvalue weighted by Gasteiger charge is 2.22. The molecule has 6 nitrogen and oxygen atoms in total. The first-order valence-corrected chi connectivity index (χ1v) is 9.82. The van der Waals surface area contributed by atoms with E-state index < -0.39 is 5.91 Å². The first-order chi connectivity index (χ1) is 13.5. The molecule has 3 aromatic rings. The van der Waals surface area contributed by atoms with E-state index in [0.717, 1.165) is 29.8 Å². The largest absolute Gasteiger partial charge is 0.364 e. The van der Waals surface area contributed by atoms with Crippen LogP contribution in [0.5, 0.6) is 0 Å². The number of pyridine rings is 3. The third kappa shape index (κ3) is 3.29. The van der Waals surface area contributed by atoms with Crippen LogP contribution in [0.4, 0.5) is 0 Å². The van der Waals surface area contributed by atoms with E-state index in [1.54, 1.807) is 6.07 Å². The Morgan fingerprint density at radius 1 is 1.25 bits per heavy atom. The molecule has 0 bridgehead atoms. The molecule has 0 aromatic carbocycles. The Balaban J connectivity index is 1.83. The summed E-state index contributed by atoms with van der Waals surface area (Å²) in [5.74, 6) is -0.338. The van der Waals surface area contributed by atoms with E-state index in [1.165, 1.54) is 31.5 Å². The minimum atomic E-state index is -0.735. The first kappa shape index (κ1) is 18.6. The van der Waals surface area contributed by atoms with Crippen molar-refractivity contribution in [3.63, 3.8) is 0 Å². The van der Waals surface area contributed by atoms with Crippen molar-refractivity contribution in [3.8, 4) is 11.3 Å². The van der Waals surface area contributed by atoms with Crippen molar-refractivity contribution in [2.24, 2.45) is 5.73 Å². The average molecular weight is 397 g/mol. The number of nitrogens with zero attached hydrogens (tertiary/aromatic N) is 2. The fraction of sp³-hybridized carbons (Fsp3) is 0.333. The summed E-state index contributed by atoms with van der Waals surface area (Å²) in [7, 11) is 0. The van der Waals surface area contributed by atoms with Crippen LogP contribution in [0.3, 0.4) is 0 Å². The van der Waals surface area contributed by atoms with Crippen LogP contribution in [-0.4, -0.2) is 20.9 Å². The van der Waals surface area contributed by atoms with Gasteiger partial charge in [0.25, 0.3) is 5.91 Å². The molecular formula is C21H21ClN4O2. The Morgan fingerprint density at radius 3 is 2.71 bits per heavy atom. The molecule has 1 fully saturated rings. The molecule has 0 unspecified atom stereocenters. The smallest absolute Gasteiger partial charge is 0.268 e. The molecule has 0 aliphatic heterocycles. The lowest BCUT2D eigenvalue weighted by atomic mass is 9.86. The molecule has 0 spiro atoms. The summed E-state index contributed by atoms with van der Waals surface area (Å²) < 4.78 is 0. The van der Waals surface area contributed by atoms with Crippen molar-refractivity contribution in [2.45, 2.75) is 44.9 Å². The fourth-order valence-electron chi connectivity index (χ4n) is 4.07. The third-order valence-corrected chi connectivity index (χ3v) is 5.75. The van der Waals surface area contributed by atoms with Gasteiger partial charge in [0.1, 0.15) is 5.69 Å². The number of rotatable bonds is 3. The summed E-state index contributed by atoms with van der Waals surface area (Å²) in [5, 5.41) is 0.815. The van der Waals surface area contributed by atoms with Gasteiger partial charge in [0.05, 0.1) is 27.3 Å². The van der Waals surface area contributed by atoms with E-state index in [9.17, 15) is 9.59 Å². The van der Waals surface area contributed by atoms with Gasteiger partial charge in [-0.2, -0.15) is 0 Å². The van der Waals surface area contributed by atoms with E-state index in [-0.39, 0.29) is 16.5 Å². The molecule has 4 rings (SSSR count). The zero-order valence-corrected chi connectivity index (χ0v) is 16.3. The van der Waals surface area contributed by atoms with Crippen LogP contribution < -0.4 is 11.2 Å². The van der Waals surface area contributed by atoms with Gasteiger partial charge < -0.3 is 10.7 Å². The van der Waals surface area contributed by atoms with Gasteiger partial charge in [-0.3, -0.25) is 19.6 Å². The lowest BCUT2D eigenvalue weighted by Gasteiger charge is -2.23. The van der Waals surface area contributed by atoms with Crippen molar-refractivity contribution >= 4 is 28.4 Å². The molecule has 7 heteroatoms. The number of carbonyl (C=O) groups is 1. The second-order valence-corrected chi connectivity index (χ2v) is 7.72. The molecule has 1 saturated carbocycles. The van der Waals surface area contributed by atoms with Gasteiger partial charge in [0.15, 0.2) is 5.43 Å². The Hall–Kier alpha value is -2.73. The SMILES string of the molecule is Cc1nc(C2CCCCC2)c(Cl)cc1-c1cc(=O)c2c(C(N)=O)nccc2[nH]1. The lowest BCUT2D eigenvalue weighted by molar-refractivity contribution is 0.0997. The quantitative estimate of drug-likeness (QED) is 0.695. The summed E-state index contributed by atoms with van der Waals surface area (Å²) in [6.45, 7) is 1.92. The molecular weight excluding hydrogens is 376 g/mol. The maximum absolute atomic E-state index is 12.7. The molecule has 1 aliphatic carbocycles. The molecule has 1 amide bonds. The Labute approximate surface area is 167 Å². The highest BCUT2D eigenvalue weighted by molar-refractivity contribution is 6.31. The summed E-state index contributed by atoms with van der Waals surface area (Å²) in [5.41, 5.74) is 8.61. The number of nitrogens with one attached hydrogen (secondary N) is 1. The van der Waals surface area contributed by atoms with Gasteiger partial charge in [-0.1, -0.05) is 30.9 Å². The van der Waals surface area contributed by atoms with Crippen LogP contribution in [0.1, 0.15) is 59.9 Å². The summed E-state index contributed by atoms with van der Waals surface area (Å²) in [6.07, 6.45) is 7.36. The number of amides is 1. The monoisotopic (exact) mass is 396 g/mol. The number of aryl methyl sites for hydroxylation is 1. The number of nitrogens with two attached hydrogens (primary N) is 1. The van der Waals surface area contributed by atoms with Gasteiger partial charge >= 0.3 is 0 Å². The van der Waals surface area contributed by atoms with Gasteiger partial charge in [-0.15, -0.1) is 0 Å². The topological polar surface area (TPSA) is 102 Å². The number of halogens is 1. The summed E-state index contributed by atoms with van der Waals surface area (Å²) in [6, 6.07) is 4.96. The van der Waals surface area contributed by atoms with E-state index in [4.69, 9.17) is 22.3 Å². The third-order valence-electron chi connectivity index (χ3n) is 5.45. The molecule has 3 aromatic heterocycles. The van der Waals surface area contributed by atoms with Gasteiger partial charge in [0, 0.05) is 29.4 Å². The van der Waals surface area contributed by atoms with E-state index in [2.05, 4.69) is 9.97 Å². The standard InChI is InChI=1S/C21H21ClN4O2/c1-11-13(9-14(22)19(25-11)12-5-3-2-4-6-12)16-10-17(27)18-15(26-16)7-8-24-20(18)21(23)28/h7-10,12H,2-6H2,1H3,(H2,23,28)(H,26,27). The van der Waals surface area contributed by atoms with Crippen molar-refractivity contribution in [1.82, 2.24) is 15.0 Å².